The van der Waals surface area contributed by atoms with Gasteiger partial charge in [0.05, 0.1) is 6.61 Å². The van der Waals surface area contributed by atoms with Crippen LogP contribution in [0.25, 0.3) is 0 Å². The smallest absolute Gasteiger partial charge is 0.409 e. The lowest BCUT2D eigenvalue weighted by Gasteiger charge is -2.30. The third-order valence-electron chi connectivity index (χ3n) is 2.75. The minimum Gasteiger partial charge on any atom is -0.450 e. The molecule has 1 amide bonds. The molecule has 1 heterocycles. The highest BCUT2D eigenvalue weighted by atomic mass is 16.6. The number of hydrogen-bond donors (Lipinski definition) is 0. The van der Waals surface area contributed by atoms with Gasteiger partial charge in [-0.25, -0.2) is 4.79 Å². The SMILES string of the molecule is [CH2]CCC1CCN(C(=O)OCC)CC1. The molecule has 14 heavy (non-hydrogen) atoms. The number of nitrogens with zero attached hydrogens (tertiary/aromatic N) is 1. The lowest BCUT2D eigenvalue weighted by Crippen LogP contribution is -2.38. The monoisotopic (exact) mass is 198 g/mol. The van der Waals surface area contributed by atoms with Gasteiger partial charge in [-0.3, -0.25) is 0 Å². The van der Waals surface area contributed by atoms with Crippen LogP contribution in [0.3, 0.4) is 0 Å². The molecular formula is C11H20NO2. The van der Waals surface area contributed by atoms with Crippen molar-refractivity contribution in [2.75, 3.05) is 19.7 Å². The van der Waals surface area contributed by atoms with Crippen molar-refractivity contribution in [2.24, 2.45) is 5.92 Å². The van der Waals surface area contributed by atoms with Crippen molar-refractivity contribution in [2.45, 2.75) is 32.6 Å². The van der Waals surface area contributed by atoms with Gasteiger partial charge in [0, 0.05) is 13.1 Å². The van der Waals surface area contributed by atoms with Crippen molar-refractivity contribution in [3.63, 3.8) is 0 Å². The van der Waals surface area contributed by atoms with E-state index in [1.807, 2.05) is 11.8 Å². The second-order valence-corrected chi connectivity index (χ2v) is 3.77. The van der Waals surface area contributed by atoms with Crippen LogP contribution in [0, 0.1) is 12.8 Å². The largest absolute Gasteiger partial charge is 0.450 e. The van der Waals surface area contributed by atoms with Gasteiger partial charge in [-0.2, -0.15) is 0 Å². The molecule has 0 aliphatic carbocycles. The van der Waals surface area contributed by atoms with Crippen LogP contribution < -0.4 is 0 Å². The predicted octanol–water partition coefficient (Wildman–Crippen LogP) is 2.47. The summed E-state index contributed by atoms with van der Waals surface area (Å²) in [4.78, 5) is 13.2. The maximum absolute atomic E-state index is 11.4. The summed E-state index contributed by atoms with van der Waals surface area (Å²) in [5, 5.41) is 0. The summed E-state index contributed by atoms with van der Waals surface area (Å²) in [6.45, 7) is 7.87. The van der Waals surface area contributed by atoms with Crippen molar-refractivity contribution in [3.8, 4) is 0 Å². The van der Waals surface area contributed by atoms with Crippen LogP contribution in [0.4, 0.5) is 4.79 Å². The first-order chi connectivity index (χ1) is 6.77. The molecule has 0 aromatic rings. The van der Waals surface area contributed by atoms with Crippen LogP contribution in [0.2, 0.25) is 0 Å². The van der Waals surface area contributed by atoms with E-state index in [4.69, 9.17) is 4.74 Å². The molecule has 1 fully saturated rings. The second kappa shape index (κ2) is 5.89. The average molecular weight is 198 g/mol. The summed E-state index contributed by atoms with van der Waals surface area (Å²) in [6, 6.07) is 0. The summed E-state index contributed by atoms with van der Waals surface area (Å²) >= 11 is 0. The zero-order valence-electron chi connectivity index (χ0n) is 9.00. The molecule has 1 aliphatic heterocycles. The van der Waals surface area contributed by atoms with Crippen LogP contribution in [0.1, 0.15) is 32.6 Å². The summed E-state index contributed by atoms with van der Waals surface area (Å²) in [6.07, 6.45) is 4.25. The zero-order valence-corrected chi connectivity index (χ0v) is 9.00. The molecule has 1 radical (unpaired) electrons. The summed E-state index contributed by atoms with van der Waals surface area (Å²) in [5.41, 5.74) is 0. The van der Waals surface area contributed by atoms with Crippen molar-refractivity contribution in [3.05, 3.63) is 6.92 Å². The Hall–Kier alpha value is -0.730. The molecule has 0 N–H and O–H groups in total. The Bertz CT molecular complexity index is 174. The molecule has 3 heteroatoms. The normalized spacial score (nSPS) is 18.3. The van der Waals surface area contributed by atoms with E-state index in [0.717, 1.165) is 38.3 Å². The van der Waals surface area contributed by atoms with Crippen LogP contribution in [-0.4, -0.2) is 30.7 Å². The Morgan fingerprint density at radius 1 is 1.50 bits per heavy atom. The Kier molecular flexibility index (Phi) is 4.77. The highest BCUT2D eigenvalue weighted by Gasteiger charge is 2.22. The first-order valence-corrected chi connectivity index (χ1v) is 5.48. The molecule has 0 atom stereocenters. The van der Waals surface area contributed by atoms with Gasteiger partial charge in [0.15, 0.2) is 0 Å². The van der Waals surface area contributed by atoms with E-state index in [9.17, 15) is 4.79 Å². The Labute approximate surface area is 86.4 Å². The fourth-order valence-electron chi connectivity index (χ4n) is 1.91. The molecule has 3 nitrogen and oxygen atoms in total. The Morgan fingerprint density at radius 2 is 2.14 bits per heavy atom. The maximum atomic E-state index is 11.4. The highest BCUT2D eigenvalue weighted by molar-refractivity contribution is 5.67. The fourth-order valence-corrected chi connectivity index (χ4v) is 1.91. The minimum atomic E-state index is -0.152. The predicted molar refractivity (Wildman–Crippen MR) is 55.9 cm³/mol. The number of amides is 1. The van der Waals surface area contributed by atoms with E-state index in [-0.39, 0.29) is 6.09 Å². The number of ether oxygens (including phenoxy) is 1. The van der Waals surface area contributed by atoms with Gasteiger partial charge in [0.1, 0.15) is 0 Å². The van der Waals surface area contributed by atoms with Crippen LogP contribution in [-0.2, 0) is 4.74 Å². The quantitative estimate of drug-likeness (QED) is 0.697. The van der Waals surface area contributed by atoms with Crippen LogP contribution in [0.15, 0.2) is 0 Å². The van der Waals surface area contributed by atoms with E-state index in [1.54, 1.807) is 0 Å². The summed E-state index contributed by atoms with van der Waals surface area (Å²) in [5.74, 6) is 0.762. The molecule has 1 saturated heterocycles. The van der Waals surface area contributed by atoms with Crippen molar-refractivity contribution < 1.29 is 9.53 Å². The molecule has 0 bridgehead atoms. The third-order valence-corrected chi connectivity index (χ3v) is 2.75. The summed E-state index contributed by atoms with van der Waals surface area (Å²) in [7, 11) is 0. The van der Waals surface area contributed by atoms with E-state index >= 15 is 0 Å². The molecule has 0 saturated carbocycles. The van der Waals surface area contributed by atoms with Gasteiger partial charge in [-0.05, 0) is 25.7 Å². The van der Waals surface area contributed by atoms with Gasteiger partial charge >= 0.3 is 6.09 Å². The number of piperidine rings is 1. The first kappa shape index (κ1) is 11.3. The van der Waals surface area contributed by atoms with E-state index in [1.165, 1.54) is 6.42 Å². The third kappa shape index (κ3) is 3.20. The number of rotatable bonds is 3. The lowest BCUT2D eigenvalue weighted by molar-refractivity contribution is 0.0910. The number of hydrogen-bond acceptors (Lipinski definition) is 2. The van der Waals surface area contributed by atoms with E-state index in [0.29, 0.717) is 6.61 Å². The molecular weight excluding hydrogens is 178 g/mol. The summed E-state index contributed by atoms with van der Waals surface area (Å²) < 4.78 is 4.95. The van der Waals surface area contributed by atoms with Gasteiger partial charge in [-0.1, -0.05) is 19.8 Å². The molecule has 0 aromatic heterocycles. The fraction of sp³-hybridized carbons (Fsp3) is 0.818. The number of likely N-dealkylation sites (tertiary alicyclic amines) is 1. The van der Waals surface area contributed by atoms with Gasteiger partial charge < -0.3 is 9.64 Å². The van der Waals surface area contributed by atoms with Gasteiger partial charge in [0.25, 0.3) is 0 Å². The van der Waals surface area contributed by atoms with Gasteiger partial charge in [-0.15, -0.1) is 0 Å². The van der Waals surface area contributed by atoms with Crippen LogP contribution >= 0.6 is 0 Å². The Morgan fingerprint density at radius 3 is 2.64 bits per heavy atom. The standard InChI is InChI=1S/C11H20NO2/c1-3-5-10-6-8-12(9-7-10)11(13)14-4-2/h10H,1,3-9H2,2H3. The maximum Gasteiger partial charge on any atom is 0.409 e. The first-order valence-electron chi connectivity index (χ1n) is 5.48. The van der Waals surface area contributed by atoms with Gasteiger partial charge in [0.2, 0.25) is 0 Å². The molecule has 0 spiro atoms. The number of carbonyl (C=O) groups excluding carboxylic acids is 1. The highest BCUT2D eigenvalue weighted by Crippen LogP contribution is 2.21. The molecule has 1 aliphatic rings. The second-order valence-electron chi connectivity index (χ2n) is 3.77. The Balaban J connectivity index is 2.24. The topological polar surface area (TPSA) is 29.5 Å². The van der Waals surface area contributed by atoms with Crippen molar-refractivity contribution >= 4 is 6.09 Å². The van der Waals surface area contributed by atoms with Crippen molar-refractivity contribution in [1.82, 2.24) is 4.90 Å². The number of carbonyl (C=O) groups is 1. The molecule has 81 valence electrons. The average Bonchev–Trinajstić information content (AvgIpc) is 2.20. The molecule has 0 unspecified atom stereocenters. The molecule has 0 aromatic carbocycles. The van der Waals surface area contributed by atoms with Crippen LogP contribution in [0.5, 0.6) is 0 Å². The van der Waals surface area contributed by atoms with Crippen molar-refractivity contribution in [1.29, 1.82) is 0 Å². The van der Waals surface area contributed by atoms with E-state index in [2.05, 4.69) is 6.92 Å². The lowest BCUT2D eigenvalue weighted by atomic mass is 9.93. The molecule has 1 rings (SSSR count). The van der Waals surface area contributed by atoms with E-state index < -0.39 is 0 Å². The zero-order chi connectivity index (χ0) is 10.4. The minimum absolute atomic E-state index is 0.152.